The van der Waals surface area contributed by atoms with E-state index in [1.807, 2.05) is 0 Å². The van der Waals surface area contributed by atoms with Crippen molar-refractivity contribution in [3.63, 3.8) is 0 Å². The van der Waals surface area contributed by atoms with Gasteiger partial charge >= 0.3 is 6.18 Å². The zero-order chi connectivity index (χ0) is 14.5. The van der Waals surface area contributed by atoms with E-state index in [0.29, 0.717) is 0 Å². The number of benzene rings is 1. The molecule has 0 atom stereocenters. The Bertz CT molecular complexity index is 474. The van der Waals surface area contributed by atoms with Gasteiger partial charge < -0.3 is 16.4 Å². The lowest BCUT2D eigenvalue weighted by Crippen LogP contribution is -2.36. The van der Waals surface area contributed by atoms with E-state index in [1.54, 1.807) is 0 Å². The highest BCUT2D eigenvalue weighted by Crippen LogP contribution is 2.30. The van der Waals surface area contributed by atoms with Crippen LogP contribution in [0.1, 0.15) is 5.56 Å². The first-order chi connectivity index (χ1) is 8.82. The van der Waals surface area contributed by atoms with Gasteiger partial charge in [-0.25, -0.2) is 0 Å². The highest BCUT2D eigenvalue weighted by molar-refractivity contribution is 5.94. The molecule has 2 amide bonds. The summed E-state index contributed by atoms with van der Waals surface area (Å²) in [4.78, 5) is 22.1. The molecule has 1 rings (SSSR count). The number of rotatable bonds is 4. The van der Waals surface area contributed by atoms with Crippen molar-refractivity contribution in [2.75, 3.05) is 18.4 Å². The monoisotopic (exact) mass is 275 g/mol. The Morgan fingerprint density at radius 1 is 1.21 bits per heavy atom. The van der Waals surface area contributed by atoms with Crippen LogP contribution in [0.15, 0.2) is 24.3 Å². The highest BCUT2D eigenvalue weighted by Gasteiger charge is 2.30. The highest BCUT2D eigenvalue weighted by atomic mass is 19.4. The minimum atomic E-state index is -4.48. The zero-order valence-electron chi connectivity index (χ0n) is 9.75. The van der Waals surface area contributed by atoms with E-state index in [2.05, 4.69) is 10.6 Å². The molecule has 0 fully saturated rings. The summed E-state index contributed by atoms with van der Waals surface area (Å²) < 4.78 is 37.3. The Kier molecular flexibility index (Phi) is 4.87. The van der Waals surface area contributed by atoms with Crippen molar-refractivity contribution in [3.05, 3.63) is 29.8 Å². The largest absolute Gasteiger partial charge is 0.416 e. The second-order valence-corrected chi connectivity index (χ2v) is 3.61. The van der Waals surface area contributed by atoms with Gasteiger partial charge in [0.05, 0.1) is 18.7 Å². The molecule has 0 radical (unpaired) electrons. The summed E-state index contributed by atoms with van der Waals surface area (Å²) in [5.41, 5.74) is 4.15. The number of nitrogens with one attached hydrogen (secondary N) is 2. The predicted octanol–water partition coefficient (Wildman–Crippen LogP) is 0.719. The lowest BCUT2D eigenvalue weighted by atomic mass is 10.2. The average molecular weight is 275 g/mol. The molecule has 0 aromatic heterocycles. The van der Waals surface area contributed by atoms with Crippen LogP contribution >= 0.6 is 0 Å². The molecule has 0 aliphatic carbocycles. The van der Waals surface area contributed by atoms with Crippen molar-refractivity contribution in [2.24, 2.45) is 5.73 Å². The molecule has 1 aromatic carbocycles. The first kappa shape index (κ1) is 15.0. The molecule has 0 spiro atoms. The number of hydrogen-bond acceptors (Lipinski definition) is 3. The minimum absolute atomic E-state index is 0.00169. The SMILES string of the molecule is NCC(=O)NCC(=O)Nc1cccc(C(F)(F)F)c1. The predicted molar refractivity (Wildman–Crippen MR) is 62.1 cm³/mol. The first-order valence-corrected chi connectivity index (χ1v) is 5.27. The normalized spacial score (nSPS) is 10.9. The fourth-order valence-corrected chi connectivity index (χ4v) is 1.23. The summed E-state index contributed by atoms with van der Waals surface area (Å²) in [6.45, 7) is -0.622. The molecule has 8 heteroatoms. The Labute approximate surface area is 107 Å². The maximum atomic E-state index is 12.4. The van der Waals surface area contributed by atoms with Gasteiger partial charge in [0, 0.05) is 5.69 Å². The molecule has 0 saturated heterocycles. The van der Waals surface area contributed by atoms with Gasteiger partial charge in [-0.2, -0.15) is 13.2 Å². The van der Waals surface area contributed by atoms with Gasteiger partial charge in [0.25, 0.3) is 0 Å². The van der Waals surface area contributed by atoms with Crippen molar-refractivity contribution >= 4 is 17.5 Å². The number of halogens is 3. The van der Waals surface area contributed by atoms with E-state index in [-0.39, 0.29) is 18.8 Å². The second kappa shape index (κ2) is 6.19. The van der Waals surface area contributed by atoms with Crippen molar-refractivity contribution in [2.45, 2.75) is 6.18 Å². The lowest BCUT2D eigenvalue weighted by molar-refractivity contribution is -0.137. The van der Waals surface area contributed by atoms with Crippen LogP contribution < -0.4 is 16.4 Å². The van der Waals surface area contributed by atoms with E-state index < -0.39 is 23.6 Å². The Morgan fingerprint density at radius 3 is 2.47 bits per heavy atom. The van der Waals surface area contributed by atoms with Gasteiger partial charge in [-0.05, 0) is 18.2 Å². The number of carbonyl (C=O) groups is 2. The molecular formula is C11H12F3N3O2. The molecular weight excluding hydrogens is 263 g/mol. The van der Waals surface area contributed by atoms with E-state index in [4.69, 9.17) is 5.73 Å². The molecule has 104 valence electrons. The third-order valence-electron chi connectivity index (χ3n) is 2.11. The third-order valence-corrected chi connectivity index (χ3v) is 2.11. The molecule has 0 bridgehead atoms. The average Bonchev–Trinajstić information content (AvgIpc) is 2.35. The molecule has 19 heavy (non-hydrogen) atoms. The van der Waals surface area contributed by atoms with Crippen molar-refractivity contribution in [1.29, 1.82) is 0 Å². The van der Waals surface area contributed by atoms with Crippen molar-refractivity contribution in [3.8, 4) is 0 Å². The minimum Gasteiger partial charge on any atom is -0.346 e. The van der Waals surface area contributed by atoms with Crippen molar-refractivity contribution in [1.82, 2.24) is 5.32 Å². The quantitative estimate of drug-likeness (QED) is 0.757. The molecule has 0 aliphatic heterocycles. The Morgan fingerprint density at radius 2 is 1.89 bits per heavy atom. The molecule has 0 aliphatic rings. The molecule has 0 unspecified atom stereocenters. The fraction of sp³-hybridized carbons (Fsp3) is 0.273. The van der Waals surface area contributed by atoms with E-state index >= 15 is 0 Å². The number of amides is 2. The number of carbonyl (C=O) groups excluding carboxylic acids is 2. The smallest absolute Gasteiger partial charge is 0.346 e. The maximum Gasteiger partial charge on any atom is 0.416 e. The first-order valence-electron chi connectivity index (χ1n) is 5.27. The van der Waals surface area contributed by atoms with E-state index in [9.17, 15) is 22.8 Å². The Balaban J connectivity index is 2.62. The molecule has 0 heterocycles. The van der Waals surface area contributed by atoms with Gasteiger partial charge in [-0.3, -0.25) is 9.59 Å². The number of nitrogens with two attached hydrogens (primary N) is 1. The van der Waals surface area contributed by atoms with Crippen LogP contribution in [0.5, 0.6) is 0 Å². The topological polar surface area (TPSA) is 84.2 Å². The van der Waals surface area contributed by atoms with Gasteiger partial charge in [-0.15, -0.1) is 0 Å². The number of alkyl halides is 3. The van der Waals surface area contributed by atoms with Crippen LogP contribution in [0.4, 0.5) is 18.9 Å². The molecule has 5 nitrogen and oxygen atoms in total. The van der Waals surface area contributed by atoms with Gasteiger partial charge in [0.2, 0.25) is 11.8 Å². The van der Waals surface area contributed by atoms with Gasteiger partial charge in [-0.1, -0.05) is 6.07 Å². The lowest BCUT2D eigenvalue weighted by Gasteiger charge is -2.10. The molecule has 1 aromatic rings. The fourth-order valence-electron chi connectivity index (χ4n) is 1.23. The van der Waals surface area contributed by atoms with E-state index in [0.717, 1.165) is 12.1 Å². The van der Waals surface area contributed by atoms with Crippen molar-refractivity contribution < 1.29 is 22.8 Å². The molecule has 0 saturated carbocycles. The third kappa shape index (κ3) is 4.96. The Hall–Kier alpha value is -2.09. The summed E-state index contributed by atoms with van der Waals surface area (Å²) in [7, 11) is 0. The molecule has 4 N–H and O–H groups in total. The van der Waals surface area contributed by atoms with Crippen LogP contribution in [-0.4, -0.2) is 24.9 Å². The van der Waals surface area contributed by atoms with Crippen LogP contribution in [-0.2, 0) is 15.8 Å². The standard InChI is InChI=1S/C11H12F3N3O2/c12-11(13,14)7-2-1-3-8(4-7)17-10(19)6-16-9(18)5-15/h1-4H,5-6,15H2,(H,16,18)(H,17,19). The summed E-state index contributed by atoms with van der Waals surface area (Å²) in [5, 5.41) is 4.44. The van der Waals surface area contributed by atoms with Crippen LogP contribution in [0, 0.1) is 0 Å². The van der Waals surface area contributed by atoms with Crippen LogP contribution in [0.3, 0.4) is 0 Å². The van der Waals surface area contributed by atoms with Gasteiger partial charge in [0.1, 0.15) is 0 Å². The zero-order valence-corrected chi connectivity index (χ0v) is 9.75. The number of hydrogen-bond donors (Lipinski definition) is 3. The second-order valence-electron chi connectivity index (χ2n) is 3.61. The summed E-state index contributed by atoms with van der Waals surface area (Å²) in [6, 6.07) is 4.20. The van der Waals surface area contributed by atoms with Gasteiger partial charge in [0.15, 0.2) is 0 Å². The van der Waals surface area contributed by atoms with E-state index in [1.165, 1.54) is 12.1 Å². The van der Waals surface area contributed by atoms with Crippen LogP contribution in [0.2, 0.25) is 0 Å². The number of anilines is 1. The maximum absolute atomic E-state index is 12.4. The summed E-state index contributed by atoms with van der Waals surface area (Å²) in [6.07, 6.45) is -4.48. The summed E-state index contributed by atoms with van der Waals surface area (Å²) in [5.74, 6) is -1.17. The summed E-state index contributed by atoms with van der Waals surface area (Å²) >= 11 is 0. The van der Waals surface area contributed by atoms with Crippen LogP contribution in [0.25, 0.3) is 0 Å².